The Morgan fingerprint density at radius 2 is 2.00 bits per heavy atom. The number of rotatable bonds is 2. The Kier molecular flexibility index (Phi) is 3.91. The van der Waals surface area contributed by atoms with Crippen LogP contribution in [0.25, 0.3) is 0 Å². The minimum atomic E-state index is -0.506. The first-order valence-electron chi connectivity index (χ1n) is 4.05. The van der Waals surface area contributed by atoms with Crippen LogP contribution in [0, 0.1) is 0 Å². The number of hydrogen-bond donors (Lipinski definition) is 1. The van der Waals surface area contributed by atoms with Gasteiger partial charge in [-0.05, 0) is 5.56 Å². The summed E-state index contributed by atoms with van der Waals surface area (Å²) in [5.74, 6) is 0. The predicted molar refractivity (Wildman–Crippen MR) is 55.9 cm³/mol. The topological polar surface area (TPSA) is 43.8 Å². The zero-order valence-electron chi connectivity index (χ0n) is 7.72. The van der Waals surface area contributed by atoms with Crippen molar-refractivity contribution in [3.63, 3.8) is 0 Å². The summed E-state index contributed by atoms with van der Waals surface area (Å²) < 4.78 is 0.385. The molecule has 1 N–H and O–H groups in total. The van der Waals surface area contributed by atoms with E-state index in [1.54, 1.807) is 7.05 Å². The molecule has 4 nitrogen and oxygen atoms in total. The first kappa shape index (κ1) is 11.0. The Morgan fingerprint density at radius 1 is 1.43 bits per heavy atom. The fraction of sp³-hybridized carbons (Fsp3) is 0.222. The van der Waals surface area contributed by atoms with Gasteiger partial charge in [-0.3, -0.25) is 5.21 Å². The van der Waals surface area contributed by atoms with Crippen LogP contribution >= 0.6 is 16.1 Å². The number of carbonyl (C=O) groups excluding carboxylic acids is 1. The Bertz CT molecular complexity index is 303. The lowest BCUT2D eigenvalue weighted by Crippen LogP contribution is -2.33. The van der Waals surface area contributed by atoms with Crippen LogP contribution in [0.5, 0.6) is 0 Å². The molecule has 0 unspecified atom stereocenters. The van der Waals surface area contributed by atoms with Crippen molar-refractivity contribution >= 4 is 22.2 Å². The molecule has 0 aliphatic rings. The van der Waals surface area contributed by atoms with E-state index in [9.17, 15) is 4.79 Å². The molecule has 0 bridgehead atoms. The summed E-state index contributed by atoms with van der Waals surface area (Å²) in [6.07, 6.45) is 0. The molecule has 5 heteroatoms. The van der Waals surface area contributed by atoms with Crippen LogP contribution in [-0.4, -0.2) is 27.3 Å². The van der Waals surface area contributed by atoms with Crippen LogP contribution in [0.4, 0.5) is 4.79 Å². The molecular weight excluding hydrogens is 248 g/mol. The van der Waals surface area contributed by atoms with E-state index in [-0.39, 0.29) is 0 Å². The molecule has 0 aromatic heterocycles. The van der Waals surface area contributed by atoms with Crippen LogP contribution in [0.1, 0.15) is 5.56 Å². The number of amides is 2. The smallest absolute Gasteiger partial charge is 0.321 e. The SMILES string of the molecule is CN(Cc1ccccc1)C(=O)N(O)Br. The van der Waals surface area contributed by atoms with E-state index < -0.39 is 6.03 Å². The summed E-state index contributed by atoms with van der Waals surface area (Å²) >= 11 is 2.65. The van der Waals surface area contributed by atoms with Crippen molar-refractivity contribution in [3.05, 3.63) is 35.9 Å². The van der Waals surface area contributed by atoms with E-state index >= 15 is 0 Å². The summed E-state index contributed by atoms with van der Waals surface area (Å²) in [7, 11) is 1.61. The monoisotopic (exact) mass is 258 g/mol. The summed E-state index contributed by atoms with van der Waals surface area (Å²) in [5, 5.41) is 8.83. The summed E-state index contributed by atoms with van der Waals surface area (Å²) in [5.41, 5.74) is 1.01. The number of halogens is 1. The molecule has 0 aliphatic heterocycles. The van der Waals surface area contributed by atoms with Gasteiger partial charge in [0.05, 0.1) is 16.1 Å². The van der Waals surface area contributed by atoms with Gasteiger partial charge >= 0.3 is 6.03 Å². The highest BCUT2D eigenvalue weighted by atomic mass is 79.9. The van der Waals surface area contributed by atoms with Gasteiger partial charge in [-0.25, -0.2) is 4.79 Å². The maximum absolute atomic E-state index is 11.2. The number of carbonyl (C=O) groups is 1. The first-order chi connectivity index (χ1) is 6.61. The Labute approximate surface area is 91.0 Å². The maximum atomic E-state index is 11.2. The summed E-state index contributed by atoms with van der Waals surface area (Å²) in [4.78, 5) is 12.6. The normalized spacial score (nSPS) is 9.64. The van der Waals surface area contributed by atoms with Gasteiger partial charge in [0.15, 0.2) is 0 Å². The minimum absolute atomic E-state index is 0.385. The van der Waals surface area contributed by atoms with Crippen LogP contribution in [0.2, 0.25) is 0 Å². The number of benzene rings is 1. The molecule has 0 radical (unpaired) electrons. The second kappa shape index (κ2) is 4.97. The Balaban J connectivity index is 2.57. The zero-order valence-corrected chi connectivity index (χ0v) is 9.31. The molecule has 0 aliphatic carbocycles. The lowest BCUT2D eigenvalue weighted by atomic mass is 10.2. The quantitative estimate of drug-likeness (QED) is 0.503. The molecule has 0 saturated heterocycles. The molecule has 0 atom stereocenters. The van der Waals surface area contributed by atoms with Gasteiger partial charge in [0.25, 0.3) is 0 Å². The fourth-order valence-corrected chi connectivity index (χ4v) is 1.34. The average Bonchev–Trinajstić information content (AvgIpc) is 2.18. The van der Waals surface area contributed by atoms with Gasteiger partial charge in [0.2, 0.25) is 0 Å². The van der Waals surface area contributed by atoms with Crippen LogP contribution < -0.4 is 0 Å². The molecule has 1 aromatic carbocycles. The van der Waals surface area contributed by atoms with E-state index in [2.05, 4.69) is 16.1 Å². The molecule has 0 fully saturated rings. The zero-order chi connectivity index (χ0) is 10.6. The van der Waals surface area contributed by atoms with Crippen molar-refractivity contribution in [1.82, 2.24) is 8.99 Å². The largest absolute Gasteiger partial charge is 0.354 e. The third-order valence-corrected chi connectivity index (χ3v) is 2.05. The minimum Gasteiger partial charge on any atom is -0.321 e. The number of urea groups is 1. The van der Waals surface area contributed by atoms with E-state index in [0.29, 0.717) is 10.6 Å². The lowest BCUT2D eigenvalue weighted by molar-refractivity contribution is 0.0428. The molecule has 0 spiro atoms. The van der Waals surface area contributed by atoms with Crippen molar-refractivity contribution < 1.29 is 10.0 Å². The highest BCUT2D eigenvalue weighted by Crippen LogP contribution is 2.06. The van der Waals surface area contributed by atoms with Crippen LogP contribution in [-0.2, 0) is 6.54 Å². The summed E-state index contributed by atoms with van der Waals surface area (Å²) in [6, 6.07) is 9.04. The van der Waals surface area contributed by atoms with Crippen molar-refractivity contribution in [2.75, 3.05) is 7.05 Å². The standard InChI is InChI=1S/C9H11BrN2O2/c1-11(9(13)12(10)14)7-8-5-3-2-4-6-8/h2-6,14H,7H2,1H3. The second-order valence-electron chi connectivity index (χ2n) is 2.88. The highest BCUT2D eigenvalue weighted by molar-refractivity contribution is 9.07. The van der Waals surface area contributed by atoms with Gasteiger partial charge in [-0.1, -0.05) is 30.3 Å². The molecule has 2 amide bonds. The third-order valence-electron chi connectivity index (χ3n) is 1.75. The number of hydrogen-bond acceptors (Lipinski definition) is 2. The molecule has 0 heterocycles. The van der Waals surface area contributed by atoms with E-state index in [4.69, 9.17) is 5.21 Å². The molecule has 1 aromatic rings. The third kappa shape index (κ3) is 3.01. The van der Waals surface area contributed by atoms with Gasteiger partial charge in [-0.15, -0.1) is 4.09 Å². The van der Waals surface area contributed by atoms with E-state index in [1.807, 2.05) is 30.3 Å². The van der Waals surface area contributed by atoms with Gasteiger partial charge in [0.1, 0.15) is 0 Å². The van der Waals surface area contributed by atoms with Crippen molar-refractivity contribution in [2.45, 2.75) is 6.54 Å². The fourth-order valence-electron chi connectivity index (χ4n) is 1.07. The Hall–Kier alpha value is -1.07. The van der Waals surface area contributed by atoms with Gasteiger partial charge in [0, 0.05) is 13.6 Å². The van der Waals surface area contributed by atoms with Crippen molar-refractivity contribution in [1.29, 1.82) is 0 Å². The van der Waals surface area contributed by atoms with Gasteiger partial charge < -0.3 is 4.90 Å². The average molecular weight is 259 g/mol. The van der Waals surface area contributed by atoms with Crippen LogP contribution in [0.15, 0.2) is 30.3 Å². The van der Waals surface area contributed by atoms with Gasteiger partial charge in [-0.2, -0.15) is 0 Å². The van der Waals surface area contributed by atoms with E-state index in [0.717, 1.165) is 5.56 Å². The Morgan fingerprint density at radius 3 is 2.50 bits per heavy atom. The molecule has 76 valence electrons. The highest BCUT2D eigenvalue weighted by Gasteiger charge is 2.13. The number of nitrogens with zero attached hydrogens (tertiary/aromatic N) is 2. The predicted octanol–water partition coefficient (Wildman–Crippen LogP) is 2.24. The lowest BCUT2D eigenvalue weighted by Gasteiger charge is -2.18. The van der Waals surface area contributed by atoms with Crippen molar-refractivity contribution in [2.24, 2.45) is 0 Å². The van der Waals surface area contributed by atoms with E-state index in [1.165, 1.54) is 4.90 Å². The molecule has 14 heavy (non-hydrogen) atoms. The molecule has 0 saturated carbocycles. The van der Waals surface area contributed by atoms with Crippen molar-refractivity contribution in [3.8, 4) is 0 Å². The number of hydroxylamine groups is 1. The second-order valence-corrected chi connectivity index (χ2v) is 3.56. The summed E-state index contributed by atoms with van der Waals surface area (Å²) in [6.45, 7) is 0.461. The maximum Gasteiger partial charge on any atom is 0.354 e. The molecular formula is C9H11BrN2O2. The van der Waals surface area contributed by atoms with Crippen LogP contribution in [0.3, 0.4) is 0 Å². The molecule has 1 rings (SSSR count). The first-order valence-corrected chi connectivity index (χ1v) is 4.76.